The maximum atomic E-state index is 12.2. The molecule has 6 nitrogen and oxygen atoms in total. The Morgan fingerprint density at radius 3 is 2.89 bits per heavy atom. The number of anilines is 1. The molecule has 1 saturated heterocycles. The highest BCUT2D eigenvalue weighted by Gasteiger charge is 2.23. The minimum Gasteiger partial charge on any atom is -0.378 e. The van der Waals surface area contributed by atoms with Crippen molar-refractivity contribution in [2.75, 3.05) is 31.6 Å². The predicted molar refractivity (Wildman–Crippen MR) is 72.3 cm³/mol. The van der Waals surface area contributed by atoms with Crippen LogP contribution in [0, 0.1) is 11.3 Å². The van der Waals surface area contributed by atoms with Crippen LogP contribution in [0.15, 0.2) is 0 Å². The largest absolute Gasteiger partial charge is 0.378 e. The second-order valence-corrected chi connectivity index (χ2v) is 5.41. The van der Waals surface area contributed by atoms with E-state index in [0.717, 1.165) is 11.3 Å². The van der Waals surface area contributed by atoms with Gasteiger partial charge in [-0.1, -0.05) is 22.9 Å². The summed E-state index contributed by atoms with van der Waals surface area (Å²) in [6.07, 6.45) is 0. The fourth-order valence-corrected chi connectivity index (χ4v) is 2.77. The van der Waals surface area contributed by atoms with E-state index < -0.39 is 6.04 Å². The van der Waals surface area contributed by atoms with Gasteiger partial charge in [-0.3, -0.25) is 4.79 Å². The first-order valence-electron chi connectivity index (χ1n) is 5.81. The van der Waals surface area contributed by atoms with Crippen molar-refractivity contribution in [3.63, 3.8) is 0 Å². The average Bonchev–Trinajstić information content (AvgIpc) is 2.78. The SMILES string of the molecule is CC(Nc1nc(Cl)c(C#N)s1)C(=O)N1CCOCC1. The Labute approximate surface area is 119 Å². The maximum absolute atomic E-state index is 12.2. The van der Waals surface area contributed by atoms with Crippen LogP contribution in [0.5, 0.6) is 0 Å². The molecule has 1 atom stereocenters. The molecule has 0 aromatic carbocycles. The Morgan fingerprint density at radius 2 is 2.32 bits per heavy atom. The zero-order valence-electron chi connectivity index (χ0n) is 10.4. The van der Waals surface area contributed by atoms with E-state index in [1.807, 2.05) is 6.07 Å². The topological polar surface area (TPSA) is 78.2 Å². The number of carbonyl (C=O) groups is 1. The third-order valence-corrected chi connectivity index (χ3v) is 4.00. The highest BCUT2D eigenvalue weighted by Crippen LogP contribution is 2.26. The molecule has 0 bridgehead atoms. The second-order valence-electron chi connectivity index (χ2n) is 4.05. The van der Waals surface area contributed by atoms with Crippen molar-refractivity contribution in [2.24, 2.45) is 0 Å². The molecule has 1 aliphatic rings. The number of morpholine rings is 1. The molecule has 1 N–H and O–H groups in total. The highest BCUT2D eigenvalue weighted by atomic mass is 35.5. The van der Waals surface area contributed by atoms with Crippen LogP contribution in [0.4, 0.5) is 5.13 Å². The van der Waals surface area contributed by atoms with Gasteiger partial charge in [-0.25, -0.2) is 4.98 Å². The quantitative estimate of drug-likeness (QED) is 0.911. The van der Waals surface area contributed by atoms with Crippen molar-refractivity contribution in [3.05, 3.63) is 10.0 Å². The number of amides is 1. The Bertz CT molecular complexity index is 507. The van der Waals surface area contributed by atoms with E-state index in [-0.39, 0.29) is 11.1 Å². The average molecular weight is 301 g/mol. The summed E-state index contributed by atoms with van der Waals surface area (Å²) < 4.78 is 5.20. The van der Waals surface area contributed by atoms with Crippen LogP contribution < -0.4 is 5.32 Å². The number of nitrogens with one attached hydrogen (secondary N) is 1. The number of ether oxygens (including phenoxy) is 1. The van der Waals surface area contributed by atoms with Crippen LogP contribution >= 0.6 is 22.9 Å². The summed E-state index contributed by atoms with van der Waals surface area (Å²) in [5.74, 6) is -0.00636. The lowest BCUT2D eigenvalue weighted by Crippen LogP contribution is -2.46. The van der Waals surface area contributed by atoms with Crippen molar-refractivity contribution in [3.8, 4) is 6.07 Å². The summed E-state index contributed by atoms with van der Waals surface area (Å²) >= 11 is 6.92. The van der Waals surface area contributed by atoms with Gasteiger partial charge in [0.2, 0.25) is 5.91 Å². The molecule has 1 unspecified atom stereocenters. The molecule has 1 amide bonds. The van der Waals surface area contributed by atoms with Gasteiger partial charge in [-0.15, -0.1) is 0 Å². The number of carbonyl (C=O) groups excluding carboxylic acids is 1. The van der Waals surface area contributed by atoms with Gasteiger partial charge < -0.3 is 15.0 Å². The number of nitrogens with zero attached hydrogens (tertiary/aromatic N) is 3. The molecule has 1 aromatic rings. The molecule has 2 heterocycles. The lowest BCUT2D eigenvalue weighted by molar-refractivity contribution is -0.135. The number of halogens is 1. The van der Waals surface area contributed by atoms with Crippen molar-refractivity contribution in [1.82, 2.24) is 9.88 Å². The predicted octanol–water partition coefficient (Wildman–Crippen LogP) is 1.33. The number of rotatable bonds is 3. The van der Waals surface area contributed by atoms with E-state index in [1.165, 1.54) is 0 Å². The summed E-state index contributed by atoms with van der Waals surface area (Å²) in [7, 11) is 0. The minimum atomic E-state index is -0.410. The molecule has 0 aliphatic carbocycles. The molecule has 1 fully saturated rings. The van der Waals surface area contributed by atoms with Gasteiger partial charge in [0.1, 0.15) is 17.0 Å². The van der Waals surface area contributed by atoms with Crippen molar-refractivity contribution >= 4 is 34.0 Å². The summed E-state index contributed by atoms with van der Waals surface area (Å²) in [5.41, 5.74) is 0. The number of hydrogen-bond donors (Lipinski definition) is 1. The van der Waals surface area contributed by atoms with E-state index >= 15 is 0 Å². The standard InChI is InChI=1S/C11H13ClN4O2S/c1-7(10(17)16-2-4-18-5-3-16)14-11-15-9(12)8(6-13)19-11/h7H,2-5H2,1H3,(H,14,15). The van der Waals surface area contributed by atoms with E-state index in [0.29, 0.717) is 36.3 Å². The van der Waals surface area contributed by atoms with E-state index in [2.05, 4.69) is 10.3 Å². The molecule has 2 rings (SSSR count). The fraction of sp³-hybridized carbons (Fsp3) is 0.545. The second kappa shape index (κ2) is 6.19. The Morgan fingerprint density at radius 1 is 1.63 bits per heavy atom. The Hall–Kier alpha value is -1.36. The van der Waals surface area contributed by atoms with Crippen LogP contribution in [-0.2, 0) is 9.53 Å². The molecule has 0 saturated carbocycles. The summed E-state index contributed by atoms with van der Waals surface area (Å²) in [4.78, 5) is 18.2. The molecule has 19 heavy (non-hydrogen) atoms. The van der Waals surface area contributed by atoms with Crippen LogP contribution in [0.25, 0.3) is 0 Å². The first-order chi connectivity index (χ1) is 9.11. The molecular formula is C11H13ClN4O2S. The van der Waals surface area contributed by atoms with E-state index in [4.69, 9.17) is 21.6 Å². The molecule has 1 aromatic heterocycles. The highest BCUT2D eigenvalue weighted by molar-refractivity contribution is 7.16. The monoisotopic (exact) mass is 300 g/mol. The van der Waals surface area contributed by atoms with Gasteiger partial charge in [-0.05, 0) is 6.92 Å². The lowest BCUT2D eigenvalue weighted by atomic mass is 10.2. The van der Waals surface area contributed by atoms with Crippen LogP contribution in [0.2, 0.25) is 5.15 Å². The minimum absolute atomic E-state index is 0.00636. The zero-order chi connectivity index (χ0) is 13.8. The maximum Gasteiger partial charge on any atom is 0.244 e. The summed E-state index contributed by atoms with van der Waals surface area (Å²) in [5, 5.41) is 12.4. The number of aromatic nitrogens is 1. The van der Waals surface area contributed by atoms with Gasteiger partial charge in [0.05, 0.1) is 13.2 Å². The smallest absolute Gasteiger partial charge is 0.244 e. The molecule has 0 spiro atoms. The van der Waals surface area contributed by atoms with Crippen LogP contribution in [0.1, 0.15) is 11.8 Å². The van der Waals surface area contributed by atoms with Crippen LogP contribution in [-0.4, -0.2) is 48.1 Å². The number of thiazole rings is 1. The van der Waals surface area contributed by atoms with Gasteiger partial charge in [0, 0.05) is 13.1 Å². The van der Waals surface area contributed by atoms with Gasteiger partial charge >= 0.3 is 0 Å². The number of nitriles is 1. The van der Waals surface area contributed by atoms with Crippen molar-refractivity contribution < 1.29 is 9.53 Å². The van der Waals surface area contributed by atoms with E-state index in [1.54, 1.807) is 11.8 Å². The Balaban J connectivity index is 1.97. The molecule has 1 aliphatic heterocycles. The van der Waals surface area contributed by atoms with Crippen molar-refractivity contribution in [2.45, 2.75) is 13.0 Å². The zero-order valence-corrected chi connectivity index (χ0v) is 11.9. The van der Waals surface area contributed by atoms with Crippen molar-refractivity contribution in [1.29, 1.82) is 5.26 Å². The third-order valence-electron chi connectivity index (χ3n) is 2.72. The lowest BCUT2D eigenvalue weighted by Gasteiger charge is -2.29. The van der Waals surface area contributed by atoms with Gasteiger partial charge in [-0.2, -0.15) is 5.26 Å². The molecule has 102 valence electrons. The molecule has 8 heteroatoms. The number of hydrogen-bond acceptors (Lipinski definition) is 6. The molecule has 0 radical (unpaired) electrons. The van der Waals surface area contributed by atoms with Gasteiger partial charge in [0.15, 0.2) is 10.3 Å². The van der Waals surface area contributed by atoms with Gasteiger partial charge in [0.25, 0.3) is 0 Å². The summed E-state index contributed by atoms with van der Waals surface area (Å²) in [6.45, 7) is 4.11. The normalized spacial score (nSPS) is 16.8. The fourth-order valence-electron chi connectivity index (χ4n) is 1.74. The third kappa shape index (κ3) is 3.35. The van der Waals surface area contributed by atoms with Crippen LogP contribution in [0.3, 0.4) is 0 Å². The first-order valence-corrected chi connectivity index (χ1v) is 7.00. The summed E-state index contributed by atoms with van der Waals surface area (Å²) in [6, 6.07) is 1.54. The molecular weight excluding hydrogens is 288 g/mol. The van der Waals surface area contributed by atoms with E-state index in [9.17, 15) is 4.79 Å². The first kappa shape index (κ1) is 14.1. The Kier molecular flexibility index (Phi) is 4.58.